The van der Waals surface area contributed by atoms with Crippen molar-refractivity contribution in [2.75, 3.05) is 5.32 Å². The largest absolute Gasteiger partial charge is 0.506 e. The molecule has 2 heterocycles. The number of nitrogens with zero attached hydrogens (tertiary/aromatic N) is 2. The first-order valence-corrected chi connectivity index (χ1v) is 9.73. The Hall–Kier alpha value is -3.93. The molecule has 1 amide bonds. The van der Waals surface area contributed by atoms with Crippen LogP contribution in [-0.2, 0) is 13.0 Å². The highest BCUT2D eigenvalue weighted by atomic mass is 16.3. The summed E-state index contributed by atoms with van der Waals surface area (Å²) in [5.41, 5.74) is 1.95. The van der Waals surface area contributed by atoms with Crippen molar-refractivity contribution in [3.05, 3.63) is 100.0 Å². The van der Waals surface area contributed by atoms with Gasteiger partial charge in [0.05, 0.1) is 11.9 Å². The van der Waals surface area contributed by atoms with Gasteiger partial charge in [0.25, 0.3) is 11.5 Å². The fraction of sp³-hybridized carbons (Fsp3) is 0.125. The fourth-order valence-corrected chi connectivity index (χ4v) is 3.44. The van der Waals surface area contributed by atoms with E-state index in [-0.39, 0.29) is 17.9 Å². The minimum atomic E-state index is -0.654. The molecule has 0 radical (unpaired) electrons. The Labute approximate surface area is 173 Å². The molecular weight excluding hydrogens is 378 g/mol. The zero-order chi connectivity index (χ0) is 21.1. The summed E-state index contributed by atoms with van der Waals surface area (Å²) in [6.07, 6.45) is 2.37. The number of benzene rings is 2. The lowest BCUT2D eigenvalue weighted by molar-refractivity contribution is 0.102. The molecule has 4 rings (SSSR count). The van der Waals surface area contributed by atoms with Crippen molar-refractivity contribution >= 4 is 22.6 Å². The maximum Gasteiger partial charge on any atom is 0.269 e. The molecule has 0 saturated heterocycles. The zero-order valence-corrected chi connectivity index (χ0v) is 16.5. The fourth-order valence-electron chi connectivity index (χ4n) is 3.44. The number of carbonyl (C=O) groups excluding carboxylic acids is 1. The van der Waals surface area contributed by atoms with E-state index < -0.39 is 11.5 Å². The number of carbonyl (C=O) groups is 1. The topological polar surface area (TPSA) is 84.2 Å². The Bertz CT molecular complexity index is 1280. The minimum absolute atomic E-state index is 0.235. The van der Waals surface area contributed by atoms with Gasteiger partial charge in [-0.3, -0.25) is 14.2 Å². The van der Waals surface area contributed by atoms with Crippen molar-refractivity contribution in [1.82, 2.24) is 9.55 Å². The van der Waals surface area contributed by atoms with E-state index in [1.54, 1.807) is 24.4 Å². The van der Waals surface area contributed by atoms with Gasteiger partial charge in [0.15, 0.2) is 0 Å². The van der Waals surface area contributed by atoms with Crippen molar-refractivity contribution in [2.24, 2.45) is 0 Å². The molecular formula is C24H21N3O3. The van der Waals surface area contributed by atoms with Gasteiger partial charge in [-0.25, -0.2) is 4.98 Å². The maximum atomic E-state index is 13.3. The van der Waals surface area contributed by atoms with Gasteiger partial charge in [-0.05, 0) is 41.8 Å². The van der Waals surface area contributed by atoms with Gasteiger partial charge in [0, 0.05) is 11.9 Å². The predicted molar refractivity (Wildman–Crippen MR) is 117 cm³/mol. The summed E-state index contributed by atoms with van der Waals surface area (Å²) < 4.78 is 1.42. The second kappa shape index (κ2) is 8.21. The number of aryl methyl sites for hydroxylation is 1. The quantitative estimate of drug-likeness (QED) is 0.532. The van der Waals surface area contributed by atoms with Crippen LogP contribution in [0.25, 0.3) is 11.0 Å². The van der Waals surface area contributed by atoms with Crippen LogP contribution in [-0.4, -0.2) is 20.6 Å². The monoisotopic (exact) mass is 399 g/mol. The number of aromatic hydroxyl groups is 1. The molecule has 0 saturated carbocycles. The van der Waals surface area contributed by atoms with Crippen LogP contribution >= 0.6 is 0 Å². The van der Waals surface area contributed by atoms with Crippen LogP contribution in [0.2, 0.25) is 0 Å². The van der Waals surface area contributed by atoms with Crippen LogP contribution in [0.3, 0.4) is 0 Å². The number of rotatable bonds is 5. The molecule has 0 atom stereocenters. The van der Waals surface area contributed by atoms with E-state index in [0.717, 1.165) is 17.5 Å². The van der Waals surface area contributed by atoms with E-state index in [2.05, 4.69) is 10.3 Å². The van der Waals surface area contributed by atoms with Gasteiger partial charge in [-0.2, -0.15) is 0 Å². The molecule has 2 N–H and O–H groups in total. The Balaban J connectivity index is 1.83. The molecule has 2 aromatic heterocycles. The zero-order valence-electron chi connectivity index (χ0n) is 16.5. The molecule has 30 heavy (non-hydrogen) atoms. The van der Waals surface area contributed by atoms with Gasteiger partial charge in [-0.15, -0.1) is 0 Å². The van der Waals surface area contributed by atoms with Crippen LogP contribution in [0.4, 0.5) is 5.69 Å². The van der Waals surface area contributed by atoms with Crippen molar-refractivity contribution < 1.29 is 9.90 Å². The lowest BCUT2D eigenvalue weighted by atomic mass is 10.1. The van der Waals surface area contributed by atoms with E-state index in [1.807, 2.05) is 55.5 Å². The van der Waals surface area contributed by atoms with Crippen molar-refractivity contribution in [3.8, 4) is 5.75 Å². The van der Waals surface area contributed by atoms with Crippen LogP contribution in [0, 0.1) is 0 Å². The van der Waals surface area contributed by atoms with Crippen molar-refractivity contribution in [2.45, 2.75) is 19.9 Å². The third kappa shape index (κ3) is 3.67. The number of fused-ring (bicyclic) bond motifs is 1. The highest BCUT2D eigenvalue weighted by molar-refractivity contribution is 6.08. The summed E-state index contributed by atoms with van der Waals surface area (Å²) in [5.74, 6) is -1.02. The highest BCUT2D eigenvalue weighted by Gasteiger charge is 2.23. The van der Waals surface area contributed by atoms with Gasteiger partial charge < -0.3 is 10.4 Å². The van der Waals surface area contributed by atoms with E-state index >= 15 is 0 Å². The number of hydrogen-bond donors (Lipinski definition) is 2. The second-order valence-electron chi connectivity index (χ2n) is 6.98. The number of anilines is 1. The first kappa shape index (κ1) is 19.4. The second-order valence-corrected chi connectivity index (χ2v) is 6.98. The molecule has 0 unspecified atom stereocenters. The summed E-state index contributed by atoms with van der Waals surface area (Å²) in [6, 6.07) is 20.1. The van der Waals surface area contributed by atoms with Crippen LogP contribution in [0.15, 0.2) is 77.7 Å². The van der Waals surface area contributed by atoms with Crippen LogP contribution < -0.4 is 10.9 Å². The Morgan fingerprint density at radius 2 is 1.80 bits per heavy atom. The van der Waals surface area contributed by atoms with Gasteiger partial charge >= 0.3 is 0 Å². The van der Waals surface area contributed by atoms with E-state index in [9.17, 15) is 14.7 Å². The molecule has 0 fully saturated rings. The molecule has 0 spiro atoms. The Morgan fingerprint density at radius 1 is 1.03 bits per heavy atom. The number of pyridine rings is 2. The number of hydrogen-bond acceptors (Lipinski definition) is 4. The third-order valence-electron chi connectivity index (χ3n) is 5.00. The highest BCUT2D eigenvalue weighted by Crippen LogP contribution is 2.26. The smallest absolute Gasteiger partial charge is 0.269 e. The molecule has 6 heteroatoms. The summed E-state index contributed by atoms with van der Waals surface area (Å²) in [7, 11) is 0. The minimum Gasteiger partial charge on any atom is -0.506 e. The first-order valence-electron chi connectivity index (χ1n) is 9.73. The third-order valence-corrected chi connectivity index (χ3v) is 5.00. The van der Waals surface area contributed by atoms with E-state index in [4.69, 9.17) is 0 Å². The number of amides is 1. The maximum absolute atomic E-state index is 13.3. The van der Waals surface area contributed by atoms with Gasteiger partial charge in [0.2, 0.25) is 0 Å². The normalized spacial score (nSPS) is 10.8. The van der Waals surface area contributed by atoms with Gasteiger partial charge in [-0.1, -0.05) is 49.4 Å². The average molecular weight is 399 g/mol. The lowest BCUT2D eigenvalue weighted by Crippen LogP contribution is -2.30. The molecule has 0 aliphatic heterocycles. The number of aromatic nitrogens is 2. The molecule has 4 aromatic rings. The van der Waals surface area contributed by atoms with E-state index in [0.29, 0.717) is 16.7 Å². The Kier molecular flexibility index (Phi) is 5.30. The summed E-state index contributed by atoms with van der Waals surface area (Å²) >= 11 is 0. The van der Waals surface area contributed by atoms with E-state index in [1.165, 1.54) is 4.57 Å². The molecule has 6 nitrogen and oxygen atoms in total. The van der Waals surface area contributed by atoms with Crippen molar-refractivity contribution in [1.29, 1.82) is 0 Å². The standard InChI is InChI=1S/C24H21N3O3/c1-2-16-10-6-11-18(14-16)26-23(29)20-21(28)19-12-7-13-25-22(19)27(24(20)30)15-17-8-4-3-5-9-17/h3-14,28H,2,15H2,1H3,(H,26,29). The van der Waals surface area contributed by atoms with Gasteiger partial charge in [0.1, 0.15) is 17.0 Å². The molecule has 0 bridgehead atoms. The molecule has 2 aromatic carbocycles. The van der Waals surface area contributed by atoms with Crippen LogP contribution in [0.5, 0.6) is 5.75 Å². The molecule has 0 aliphatic carbocycles. The summed E-state index contributed by atoms with van der Waals surface area (Å²) in [4.78, 5) is 30.5. The average Bonchev–Trinajstić information content (AvgIpc) is 2.77. The molecule has 150 valence electrons. The predicted octanol–water partition coefficient (Wildman–Crippen LogP) is 3.97. The van der Waals surface area contributed by atoms with Crippen molar-refractivity contribution in [3.63, 3.8) is 0 Å². The molecule has 0 aliphatic rings. The SMILES string of the molecule is CCc1cccc(NC(=O)c2c(O)c3cccnc3n(Cc3ccccc3)c2=O)c1. The van der Waals surface area contributed by atoms with Crippen LogP contribution in [0.1, 0.15) is 28.4 Å². The first-order chi connectivity index (χ1) is 14.6. The summed E-state index contributed by atoms with van der Waals surface area (Å²) in [6.45, 7) is 2.25. The Morgan fingerprint density at radius 3 is 2.57 bits per heavy atom. The lowest BCUT2D eigenvalue weighted by Gasteiger charge is -2.14. The summed E-state index contributed by atoms with van der Waals surface area (Å²) in [5, 5.41) is 13.8. The number of nitrogens with one attached hydrogen (secondary N) is 1.